The van der Waals surface area contributed by atoms with Crippen LogP contribution in [0, 0.1) is 3.57 Å². The van der Waals surface area contributed by atoms with E-state index in [-0.39, 0.29) is 0 Å². The van der Waals surface area contributed by atoms with Crippen LogP contribution < -0.4 is 4.74 Å². The first-order chi connectivity index (χ1) is 7.65. The van der Waals surface area contributed by atoms with E-state index in [0.717, 1.165) is 13.8 Å². The van der Waals surface area contributed by atoms with Crippen LogP contribution in [0.3, 0.4) is 0 Å². The van der Waals surface area contributed by atoms with Crippen molar-refractivity contribution in [3.63, 3.8) is 0 Å². The summed E-state index contributed by atoms with van der Waals surface area (Å²) in [6.45, 7) is 0. The molecule has 2 aromatic rings. The van der Waals surface area contributed by atoms with Crippen molar-refractivity contribution in [1.29, 1.82) is 0 Å². The molecule has 0 fully saturated rings. The highest BCUT2D eigenvalue weighted by Gasteiger charge is 2.04. The van der Waals surface area contributed by atoms with Crippen LogP contribution in [0.15, 0.2) is 41.0 Å². The predicted molar refractivity (Wildman–Crippen MR) is 76.2 cm³/mol. The zero-order valence-electron chi connectivity index (χ0n) is 7.95. The number of benzene rings is 1. The standard InChI is InChI=1S/C11H6BrClINO/c12-10-5-7(13)6-15-11(10)16-9-3-1-8(14)2-4-9/h1-6H. The molecule has 1 heterocycles. The molecule has 0 saturated heterocycles. The Bertz CT molecular complexity index is 504. The lowest BCUT2D eigenvalue weighted by molar-refractivity contribution is 0.459. The van der Waals surface area contributed by atoms with E-state index >= 15 is 0 Å². The number of pyridine rings is 1. The van der Waals surface area contributed by atoms with Crippen LogP contribution in [0.4, 0.5) is 0 Å². The van der Waals surface area contributed by atoms with Gasteiger partial charge in [-0.3, -0.25) is 0 Å². The second-order valence-corrected chi connectivity index (χ2v) is 5.53. The monoisotopic (exact) mass is 409 g/mol. The van der Waals surface area contributed by atoms with Crippen molar-refractivity contribution in [1.82, 2.24) is 4.98 Å². The molecule has 82 valence electrons. The molecule has 0 atom stereocenters. The molecule has 16 heavy (non-hydrogen) atoms. The number of ether oxygens (including phenoxy) is 1. The van der Waals surface area contributed by atoms with Crippen molar-refractivity contribution in [2.45, 2.75) is 0 Å². The van der Waals surface area contributed by atoms with Gasteiger partial charge in [0.1, 0.15) is 5.75 Å². The Morgan fingerprint density at radius 2 is 1.94 bits per heavy atom. The van der Waals surface area contributed by atoms with Crippen molar-refractivity contribution < 1.29 is 4.74 Å². The van der Waals surface area contributed by atoms with Crippen LogP contribution >= 0.6 is 50.1 Å². The number of hydrogen-bond acceptors (Lipinski definition) is 2. The van der Waals surface area contributed by atoms with Crippen LogP contribution in [0.25, 0.3) is 0 Å². The molecule has 0 bridgehead atoms. The first kappa shape index (κ1) is 12.1. The molecule has 0 aliphatic rings. The maximum Gasteiger partial charge on any atom is 0.233 e. The summed E-state index contributed by atoms with van der Waals surface area (Å²) in [5, 5.41) is 0.571. The molecule has 0 amide bonds. The van der Waals surface area contributed by atoms with Crippen molar-refractivity contribution in [3.8, 4) is 11.6 Å². The van der Waals surface area contributed by atoms with E-state index < -0.39 is 0 Å². The summed E-state index contributed by atoms with van der Waals surface area (Å²) in [4.78, 5) is 4.09. The van der Waals surface area contributed by atoms with Gasteiger partial charge in [0.05, 0.1) is 9.50 Å². The second-order valence-electron chi connectivity index (χ2n) is 3.00. The first-order valence-corrected chi connectivity index (χ1v) is 6.64. The van der Waals surface area contributed by atoms with Gasteiger partial charge in [0.2, 0.25) is 5.88 Å². The maximum atomic E-state index is 5.79. The number of aromatic nitrogens is 1. The molecule has 0 spiro atoms. The van der Waals surface area contributed by atoms with Crippen LogP contribution in [0.5, 0.6) is 11.6 Å². The Morgan fingerprint density at radius 1 is 1.25 bits per heavy atom. The Balaban J connectivity index is 2.23. The summed E-state index contributed by atoms with van der Waals surface area (Å²) in [7, 11) is 0. The van der Waals surface area contributed by atoms with Crippen LogP contribution in [-0.4, -0.2) is 4.98 Å². The summed E-state index contributed by atoms with van der Waals surface area (Å²) >= 11 is 11.4. The highest BCUT2D eigenvalue weighted by molar-refractivity contribution is 14.1. The van der Waals surface area contributed by atoms with E-state index in [9.17, 15) is 0 Å². The molecule has 5 heteroatoms. The highest BCUT2D eigenvalue weighted by atomic mass is 127. The lowest BCUT2D eigenvalue weighted by atomic mass is 10.3. The topological polar surface area (TPSA) is 22.1 Å². The quantitative estimate of drug-likeness (QED) is 0.658. The minimum absolute atomic E-state index is 0.505. The molecule has 1 aromatic heterocycles. The van der Waals surface area contributed by atoms with Gasteiger partial charge in [0.15, 0.2) is 0 Å². The van der Waals surface area contributed by atoms with E-state index in [1.807, 2.05) is 24.3 Å². The van der Waals surface area contributed by atoms with E-state index in [1.54, 1.807) is 12.3 Å². The van der Waals surface area contributed by atoms with Crippen LogP contribution in [-0.2, 0) is 0 Å². The third-order valence-electron chi connectivity index (χ3n) is 1.80. The molecule has 0 saturated carbocycles. The van der Waals surface area contributed by atoms with E-state index in [2.05, 4.69) is 43.5 Å². The predicted octanol–water partition coefficient (Wildman–Crippen LogP) is 4.89. The van der Waals surface area contributed by atoms with Crippen molar-refractivity contribution in [2.75, 3.05) is 0 Å². The number of halogens is 3. The third-order valence-corrected chi connectivity index (χ3v) is 3.30. The molecule has 0 aliphatic heterocycles. The summed E-state index contributed by atoms with van der Waals surface area (Å²) in [5.41, 5.74) is 0. The molecule has 0 N–H and O–H groups in total. The fourth-order valence-corrected chi connectivity index (χ4v) is 2.17. The average molecular weight is 410 g/mol. The maximum absolute atomic E-state index is 5.79. The van der Waals surface area contributed by atoms with Gasteiger partial charge in [0, 0.05) is 9.77 Å². The van der Waals surface area contributed by atoms with Gasteiger partial charge in [-0.25, -0.2) is 4.98 Å². The molecule has 2 rings (SSSR count). The molecule has 0 aliphatic carbocycles. The fourth-order valence-electron chi connectivity index (χ4n) is 1.09. The van der Waals surface area contributed by atoms with E-state index in [1.165, 1.54) is 0 Å². The largest absolute Gasteiger partial charge is 0.438 e. The zero-order chi connectivity index (χ0) is 11.5. The van der Waals surface area contributed by atoms with Crippen molar-refractivity contribution in [3.05, 3.63) is 49.6 Å². The Kier molecular flexibility index (Phi) is 4.05. The van der Waals surface area contributed by atoms with Crippen LogP contribution in [0.1, 0.15) is 0 Å². The molecular weight excluding hydrogens is 404 g/mol. The van der Waals surface area contributed by atoms with Gasteiger partial charge >= 0.3 is 0 Å². The Hall–Kier alpha value is -0.330. The molecule has 0 unspecified atom stereocenters. The smallest absolute Gasteiger partial charge is 0.233 e. The van der Waals surface area contributed by atoms with Crippen LogP contribution in [0.2, 0.25) is 5.02 Å². The minimum Gasteiger partial charge on any atom is -0.438 e. The van der Waals surface area contributed by atoms with Gasteiger partial charge in [-0.05, 0) is 68.9 Å². The first-order valence-electron chi connectivity index (χ1n) is 4.39. The second kappa shape index (κ2) is 5.33. The molecular formula is C11H6BrClINO. The van der Waals surface area contributed by atoms with E-state index in [4.69, 9.17) is 16.3 Å². The number of nitrogens with zero attached hydrogens (tertiary/aromatic N) is 1. The average Bonchev–Trinajstić information content (AvgIpc) is 2.25. The number of rotatable bonds is 2. The lowest BCUT2D eigenvalue weighted by Crippen LogP contribution is -1.88. The van der Waals surface area contributed by atoms with Gasteiger partial charge in [0.25, 0.3) is 0 Å². The van der Waals surface area contributed by atoms with Gasteiger partial charge in [-0.1, -0.05) is 11.6 Å². The lowest BCUT2D eigenvalue weighted by Gasteiger charge is -2.06. The van der Waals surface area contributed by atoms with Gasteiger partial charge < -0.3 is 4.74 Å². The van der Waals surface area contributed by atoms with Crippen molar-refractivity contribution in [2.24, 2.45) is 0 Å². The minimum atomic E-state index is 0.505. The summed E-state index contributed by atoms with van der Waals surface area (Å²) in [6, 6.07) is 9.48. The highest BCUT2D eigenvalue weighted by Crippen LogP contribution is 2.29. The van der Waals surface area contributed by atoms with Gasteiger partial charge in [-0.2, -0.15) is 0 Å². The SMILES string of the molecule is Clc1cnc(Oc2ccc(I)cc2)c(Br)c1. The summed E-state index contributed by atoms with van der Waals surface area (Å²) < 4.78 is 7.49. The zero-order valence-corrected chi connectivity index (χ0v) is 12.5. The summed E-state index contributed by atoms with van der Waals surface area (Å²) in [5.74, 6) is 1.25. The third kappa shape index (κ3) is 3.09. The fraction of sp³-hybridized carbons (Fsp3) is 0. The Morgan fingerprint density at radius 3 is 2.56 bits per heavy atom. The van der Waals surface area contributed by atoms with E-state index in [0.29, 0.717) is 10.9 Å². The number of hydrogen-bond donors (Lipinski definition) is 0. The molecule has 2 nitrogen and oxygen atoms in total. The molecule has 0 radical (unpaired) electrons. The summed E-state index contributed by atoms with van der Waals surface area (Å²) in [6.07, 6.45) is 1.55. The van der Waals surface area contributed by atoms with Gasteiger partial charge in [-0.15, -0.1) is 0 Å². The normalized spacial score (nSPS) is 10.2. The Labute approximate surface area is 120 Å². The van der Waals surface area contributed by atoms with Crippen molar-refractivity contribution >= 4 is 50.1 Å². The molecule has 1 aromatic carbocycles.